The third-order valence-corrected chi connectivity index (χ3v) is 8.47. The number of aryl methyl sites for hydroxylation is 1. The van der Waals surface area contributed by atoms with Gasteiger partial charge in [-0.05, 0) is 49.6 Å². The molecule has 4 aromatic rings. The van der Waals surface area contributed by atoms with Crippen LogP contribution in [0.5, 0.6) is 0 Å². The Morgan fingerprint density at radius 1 is 0.971 bits per heavy atom. The van der Waals surface area contributed by atoms with Crippen molar-refractivity contribution in [3.8, 4) is 0 Å². The summed E-state index contributed by atoms with van der Waals surface area (Å²) in [5, 5.41) is 18.9. The molecule has 0 bridgehead atoms. The fourth-order valence-electron chi connectivity index (χ4n) is 3.94. The van der Waals surface area contributed by atoms with Crippen LogP contribution in [-0.2, 0) is 4.87 Å². The normalized spacial score (nSPS) is 18.5. The minimum atomic E-state index is -0.651. The highest BCUT2D eigenvalue weighted by molar-refractivity contribution is 8.15. The molecule has 35 heavy (non-hydrogen) atoms. The summed E-state index contributed by atoms with van der Waals surface area (Å²) in [5.41, 5.74) is 8.96. The fourth-order valence-corrected chi connectivity index (χ4v) is 6.63. The number of anilines is 1. The Kier molecular flexibility index (Phi) is 7.04. The van der Waals surface area contributed by atoms with E-state index in [4.69, 9.17) is 34.0 Å². The maximum atomic E-state index is 6.60. The second-order valence-electron chi connectivity index (χ2n) is 7.92. The van der Waals surface area contributed by atoms with Crippen molar-refractivity contribution in [2.75, 3.05) is 5.01 Å². The Labute approximate surface area is 221 Å². The number of hydrogen-bond donors (Lipinski definition) is 1. The van der Waals surface area contributed by atoms with E-state index in [1.807, 2.05) is 42.3 Å². The molecule has 11 heteroatoms. The first-order valence-electron chi connectivity index (χ1n) is 10.9. The lowest BCUT2D eigenvalue weighted by atomic mass is 9.97. The molecule has 0 radical (unpaired) electrons. The van der Waals surface area contributed by atoms with Crippen molar-refractivity contribution in [2.24, 2.45) is 10.8 Å². The lowest BCUT2D eigenvalue weighted by molar-refractivity contribution is 0.481. The van der Waals surface area contributed by atoms with E-state index in [-0.39, 0.29) is 6.04 Å². The minimum absolute atomic E-state index is 0.356. The molecule has 2 N–H and O–H groups in total. The number of halogens is 2. The molecule has 0 saturated heterocycles. The standard InChI is InChI=1S/C24H21Cl2N7S2/c1-15-30-31-23(34-15)33-24(16-7-3-2-4-8-16,12-11-19(27)20-17(25)9-5-13-28-20)35-22(32-33)21-18(26)10-6-14-29-21/h2-10,13-14,19H,11-12,27H2,1H3. The Bertz CT molecular complexity index is 1360. The fraction of sp³-hybridized carbons (Fsp3) is 0.208. The van der Waals surface area contributed by atoms with Gasteiger partial charge in [0.05, 0.1) is 15.7 Å². The van der Waals surface area contributed by atoms with E-state index in [0.717, 1.165) is 10.6 Å². The lowest BCUT2D eigenvalue weighted by Crippen LogP contribution is -2.38. The van der Waals surface area contributed by atoms with Crippen molar-refractivity contribution < 1.29 is 0 Å². The number of benzene rings is 1. The van der Waals surface area contributed by atoms with E-state index in [9.17, 15) is 0 Å². The van der Waals surface area contributed by atoms with Crippen molar-refractivity contribution >= 4 is 56.5 Å². The summed E-state index contributed by atoms with van der Waals surface area (Å²) in [6.07, 6.45) is 4.65. The highest BCUT2D eigenvalue weighted by Crippen LogP contribution is 2.53. The third-order valence-electron chi connectivity index (χ3n) is 5.61. The molecule has 4 heterocycles. The monoisotopic (exact) mass is 541 g/mol. The number of thioether (sulfide) groups is 1. The number of aromatic nitrogens is 4. The number of rotatable bonds is 7. The van der Waals surface area contributed by atoms with Crippen LogP contribution in [0.3, 0.4) is 0 Å². The van der Waals surface area contributed by atoms with Crippen LogP contribution >= 0.6 is 46.3 Å². The van der Waals surface area contributed by atoms with Crippen molar-refractivity contribution in [2.45, 2.75) is 30.7 Å². The molecule has 0 amide bonds. The van der Waals surface area contributed by atoms with Crippen LogP contribution in [0.4, 0.5) is 5.13 Å². The summed E-state index contributed by atoms with van der Waals surface area (Å²) >= 11 is 16.0. The number of pyridine rings is 2. The number of nitrogens with zero attached hydrogens (tertiary/aromatic N) is 6. The zero-order chi connectivity index (χ0) is 24.4. The summed E-state index contributed by atoms with van der Waals surface area (Å²) in [7, 11) is 0. The summed E-state index contributed by atoms with van der Waals surface area (Å²) in [4.78, 5) is 8.28. The van der Waals surface area contributed by atoms with E-state index in [1.54, 1.807) is 36.3 Å². The number of nitrogens with two attached hydrogens (primary N) is 1. The third kappa shape index (κ3) is 4.79. The number of hydrazone groups is 1. The van der Waals surface area contributed by atoms with Gasteiger partial charge in [0.2, 0.25) is 5.13 Å². The van der Waals surface area contributed by atoms with Gasteiger partial charge in [0, 0.05) is 18.4 Å². The maximum Gasteiger partial charge on any atom is 0.230 e. The predicted molar refractivity (Wildman–Crippen MR) is 144 cm³/mol. The van der Waals surface area contributed by atoms with E-state index in [2.05, 4.69) is 32.3 Å². The van der Waals surface area contributed by atoms with Gasteiger partial charge in [0.1, 0.15) is 20.6 Å². The van der Waals surface area contributed by atoms with Crippen LogP contribution < -0.4 is 10.7 Å². The van der Waals surface area contributed by atoms with Gasteiger partial charge in [0.15, 0.2) is 0 Å². The molecule has 0 saturated carbocycles. The topological polar surface area (TPSA) is 93.2 Å². The smallest absolute Gasteiger partial charge is 0.230 e. The Hall–Kier alpha value is -2.56. The minimum Gasteiger partial charge on any atom is -0.323 e. The molecule has 1 aliphatic heterocycles. The highest BCUT2D eigenvalue weighted by atomic mass is 35.5. The predicted octanol–water partition coefficient (Wildman–Crippen LogP) is 6.19. The lowest BCUT2D eigenvalue weighted by Gasteiger charge is -2.36. The Morgan fingerprint density at radius 2 is 1.71 bits per heavy atom. The van der Waals surface area contributed by atoms with Gasteiger partial charge in [-0.15, -0.1) is 10.2 Å². The molecule has 5 rings (SSSR count). The summed E-state index contributed by atoms with van der Waals surface area (Å²) < 4.78 is 0. The van der Waals surface area contributed by atoms with Crippen molar-refractivity contribution in [3.63, 3.8) is 0 Å². The van der Waals surface area contributed by atoms with Crippen LogP contribution in [0.2, 0.25) is 10.0 Å². The largest absolute Gasteiger partial charge is 0.323 e. The van der Waals surface area contributed by atoms with Crippen molar-refractivity contribution in [1.82, 2.24) is 20.2 Å². The summed E-state index contributed by atoms with van der Waals surface area (Å²) in [5.74, 6) is 0. The Balaban J connectivity index is 1.59. The van der Waals surface area contributed by atoms with E-state index in [0.29, 0.717) is 44.5 Å². The molecule has 3 aromatic heterocycles. The molecule has 2 unspecified atom stereocenters. The van der Waals surface area contributed by atoms with Gasteiger partial charge >= 0.3 is 0 Å². The summed E-state index contributed by atoms with van der Waals surface area (Å²) in [6.45, 7) is 1.92. The highest BCUT2D eigenvalue weighted by Gasteiger charge is 2.48. The second kappa shape index (κ2) is 10.2. The zero-order valence-electron chi connectivity index (χ0n) is 18.7. The van der Waals surface area contributed by atoms with Crippen LogP contribution in [-0.4, -0.2) is 25.2 Å². The van der Waals surface area contributed by atoms with Gasteiger partial charge in [-0.3, -0.25) is 9.97 Å². The molecular formula is C24H21Cl2N7S2. The van der Waals surface area contributed by atoms with E-state index < -0.39 is 4.87 Å². The molecule has 2 atom stereocenters. The Morgan fingerprint density at radius 3 is 2.40 bits per heavy atom. The number of hydrogen-bond acceptors (Lipinski definition) is 9. The molecular weight excluding hydrogens is 521 g/mol. The molecule has 0 fully saturated rings. The quantitative estimate of drug-likeness (QED) is 0.298. The van der Waals surface area contributed by atoms with Crippen LogP contribution in [0.1, 0.15) is 40.8 Å². The summed E-state index contributed by atoms with van der Waals surface area (Å²) in [6, 6.07) is 17.1. The average molecular weight is 543 g/mol. The molecule has 1 aliphatic rings. The van der Waals surface area contributed by atoms with Crippen LogP contribution in [0.25, 0.3) is 0 Å². The van der Waals surface area contributed by atoms with Crippen molar-refractivity contribution in [3.05, 3.63) is 99.0 Å². The van der Waals surface area contributed by atoms with Crippen molar-refractivity contribution in [1.29, 1.82) is 0 Å². The molecule has 1 aromatic carbocycles. The van der Waals surface area contributed by atoms with Gasteiger partial charge < -0.3 is 5.73 Å². The van der Waals surface area contributed by atoms with E-state index >= 15 is 0 Å². The average Bonchev–Trinajstić information content (AvgIpc) is 3.48. The first-order chi connectivity index (χ1) is 17.0. The van der Waals surface area contributed by atoms with Gasteiger partial charge in [-0.2, -0.15) is 5.10 Å². The van der Waals surface area contributed by atoms with Gasteiger partial charge in [-0.25, -0.2) is 5.01 Å². The zero-order valence-corrected chi connectivity index (χ0v) is 21.8. The van der Waals surface area contributed by atoms with Gasteiger partial charge in [0.25, 0.3) is 0 Å². The first kappa shape index (κ1) is 24.1. The van der Waals surface area contributed by atoms with Crippen LogP contribution in [0.15, 0.2) is 72.1 Å². The SMILES string of the molecule is Cc1nnc(N2N=C(c3ncccc3Cl)SC2(CCC(N)c2ncccc2Cl)c2ccccc2)s1. The second-order valence-corrected chi connectivity index (χ2v) is 11.2. The van der Waals surface area contributed by atoms with Gasteiger partial charge in [-0.1, -0.05) is 76.6 Å². The van der Waals surface area contributed by atoms with E-state index in [1.165, 1.54) is 11.3 Å². The maximum absolute atomic E-state index is 6.60. The molecule has 0 spiro atoms. The van der Waals surface area contributed by atoms with Crippen LogP contribution in [0, 0.1) is 6.92 Å². The molecule has 7 nitrogen and oxygen atoms in total. The first-order valence-corrected chi connectivity index (χ1v) is 13.3. The molecule has 178 valence electrons. The molecule has 0 aliphatic carbocycles.